The number of methoxy groups -OCH3 is 1. The molecule has 0 saturated carbocycles. The molecular formula is C17H14N4O2S. The fraction of sp³-hybridized carbons (Fsp3) is 0.118. The minimum Gasteiger partial charge on any atom is -0.497 e. The van der Waals surface area contributed by atoms with Gasteiger partial charge in [-0.1, -0.05) is 41.7 Å². The molecule has 0 N–H and O–H groups in total. The molecule has 0 fully saturated rings. The maximum atomic E-state index is 5.73. The first kappa shape index (κ1) is 14.6. The van der Waals surface area contributed by atoms with Crippen LogP contribution in [0.4, 0.5) is 0 Å². The van der Waals surface area contributed by atoms with Gasteiger partial charge in [-0.2, -0.15) is 9.61 Å². The summed E-state index contributed by atoms with van der Waals surface area (Å²) in [4.78, 5) is 0.736. The number of ether oxygens (including phenoxy) is 2. The van der Waals surface area contributed by atoms with Gasteiger partial charge in [0.15, 0.2) is 5.82 Å². The van der Waals surface area contributed by atoms with Crippen molar-refractivity contribution in [3.63, 3.8) is 0 Å². The summed E-state index contributed by atoms with van der Waals surface area (Å²) in [5.74, 6) is 2.25. The maximum Gasteiger partial charge on any atom is 0.235 e. The summed E-state index contributed by atoms with van der Waals surface area (Å²) < 4.78 is 12.7. The van der Waals surface area contributed by atoms with Crippen molar-refractivity contribution in [3.05, 3.63) is 60.4 Å². The lowest BCUT2D eigenvalue weighted by Gasteiger charge is -2.03. The number of hydrogen-bond acceptors (Lipinski definition) is 6. The molecule has 2 aromatic heterocycles. The Hall–Kier alpha value is -2.93. The van der Waals surface area contributed by atoms with Crippen molar-refractivity contribution < 1.29 is 9.47 Å². The largest absolute Gasteiger partial charge is 0.497 e. The molecule has 0 amide bonds. The molecule has 0 atom stereocenters. The van der Waals surface area contributed by atoms with Gasteiger partial charge in [0.05, 0.1) is 7.11 Å². The van der Waals surface area contributed by atoms with Gasteiger partial charge in [0.25, 0.3) is 0 Å². The molecule has 0 saturated heterocycles. The molecule has 4 rings (SSSR count). The number of nitrogens with zero attached hydrogens (tertiary/aromatic N) is 4. The predicted octanol–water partition coefficient (Wildman–Crippen LogP) is 3.44. The van der Waals surface area contributed by atoms with Crippen LogP contribution in [0, 0.1) is 0 Å². The molecule has 0 radical (unpaired) electrons. The van der Waals surface area contributed by atoms with Gasteiger partial charge < -0.3 is 9.47 Å². The van der Waals surface area contributed by atoms with Crippen LogP contribution in [0.25, 0.3) is 15.5 Å². The number of aromatic nitrogens is 4. The van der Waals surface area contributed by atoms with Gasteiger partial charge >= 0.3 is 0 Å². The molecule has 0 spiro atoms. The Morgan fingerprint density at radius 1 is 1.00 bits per heavy atom. The first-order valence-corrected chi connectivity index (χ1v) is 8.18. The first-order chi connectivity index (χ1) is 11.8. The molecule has 0 bridgehead atoms. The molecule has 6 nitrogen and oxygen atoms in total. The molecular weight excluding hydrogens is 324 g/mol. The third-order valence-electron chi connectivity index (χ3n) is 3.48. The lowest BCUT2D eigenvalue weighted by atomic mass is 10.2. The van der Waals surface area contributed by atoms with E-state index in [2.05, 4.69) is 15.3 Å². The van der Waals surface area contributed by atoms with Gasteiger partial charge in [-0.15, -0.1) is 10.2 Å². The average molecular weight is 338 g/mol. The summed E-state index contributed by atoms with van der Waals surface area (Å²) in [5, 5.41) is 13.8. The van der Waals surface area contributed by atoms with E-state index in [4.69, 9.17) is 9.47 Å². The van der Waals surface area contributed by atoms with Gasteiger partial charge in [0.1, 0.15) is 23.1 Å². The molecule has 24 heavy (non-hydrogen) atoms. The van der Waals surface area contributed by atoms with E-state index in [1.165, 1.54) is 11.3 Å². The van der Waals surface area contributed by atoms with Gasteiger partial charge in [-0.3, -0.25) is 0 Å². The zero-order chi connectivity index (χ0) is 16.4. The quantitative estimate of drug-likeness (QED) is 0.558. The highest BCUT2D eigenvalue weighted by molar-refractivity contribution is 7.19. The standard InChI is InChI=1S/C17H14N4O2S/c1-22-14-9-5-6-12(10-14)16-20-21-15(18-19-17(21)24-16)11-23-13-7-3-2-4-8-13/h2-10H,11H2,1H3. The van der Waals surface area contributed by atoms with Crippen molar-refractivity contribution in [3.8, 4) is 22.1 Å². The maximum absolute atomic E-state index is 5.73. The van der Waals surface area contributed by atoms with E-state index in [0.717, 1.165) is 27.0 Å². The van der Waals surface area contributed by atoms with Gasteiger partial charge in [-0.05, 0) is 24.3 Å². The zero-order valence-electron chi connectivity index (χ0n) is 12.9. The van der Waals surface area contributed by atoms with Crippen molar-refractivity contribution in [2.24, 2.45) is 0 Å². The van der Waals surface area contributed by atoms with Crippen molar-refractivity contribution in [2.45, 2.75) is 6.61 Å². The van der Waals surface area contributed by atoms with E-state index in [9.17, 15) is 0 Å². The van der Waals surface area contributed by atoms with Crippen LogP contribution in [0.1, 0.15) is 5.82 Å². The van der Waals surface area contributed by atoms with Crippen LogP contribution in [-0.2, 0) is 6.61 Å². The van der Waals surface area contributed by atoms with Crippen molar-refractivity contribution >= 4 is 16.3 Å². The Balaban J connectivity index is 1.61. The SMILES string of the molecule is COc1cccc(-c2nn3c(COc4ccccc4)nnc3s2)c1. The van der Waals surface area contributed by atoms with Crippen LogP contribution in [-0.4, -0.2) is 26.9 Å². The van der Waals surface area contributed by atoms with E-state index < -0.39 is 0 Å². The number of rotatable bonds is 5. The highest BCUT2D eigenvalue weighted by Crippen LogP contribution is 2.28. The average Bonchev–Trinajstić information content (AvgIpc) is 3.22. The summed E-state index contributed by atoms with van der Waals surface area (Å²) in [6.07, 6.45) is 0. The first-order valence-electron chi connectivity index (χ1n) is 7.37. The zero-order valence-corrected chi connectivity index (χ0v) is 13.7. The normalized spacial score (nSPS) is 10.9. The Bertz CT molecular complexity index is 965. The Kier molecular flexibility index (Phi) is 3.84. The monoisotopic (exact) mass is 338 g/mol. The second-order valence-corrected chi connectivity index (χ2v) is 6.01. The third kappa shape index (κ3) is 2.81. The van der Waals surface area contributed by atoms with Crippen molar-refractivity contribution in [1.82, 2.24) is 19.8 Å². The summed E-state index contributed by atoms with van der Waals surface area (Å²) in [6, 6.07) is 17.4. The molecule has 4 aromatic rings. The lowest BCUT2D eigenvalue weighted by molar-refractivity contribution is 0.293. The molecule has 0 aliphatic carbocycles. The second-order valence-electron chi connectivity index (χ2n) is 5.05. The summed E-state index contributed by atoms with van der Waals surface area (Å²) in [6.45, 7) is 0.312. The van der Waals surface area contributed by atoms with E-state index in [0.29, 0.717) is 12.4 Å². The highest BCUT2D eigenvalue weighted by atomic mass is 32.1. The van der Waals surface area contributed by atoms with E-state index in [-0.39, 0.29) is 0 Å². The number of benzene rings is 2. The third-order valence-corrected chi connectivity index (χ3v) is 4.43. The fourth-order valence-corrected chi connectivity index (χ4v) is 3.14. The Labute approximate surface area is 142 Å². The van der Waals surface area contributed by atoms with Crippen LogP contribution in [0.5, 0.6) is 11.5 Å². The summed E-state index contributed by atoms with van der Waals surface area (Å²) in [7, 11) is 1.65. The molecule has 2 heterocycles. The van der Waals surface area contributed by atoms with E-state index in [1.807, 2.05) is 54.6 Å². The molecule has 120 valence electrons. The Morgan fingerprint density at radius 2 is 1.83 bits per heavy atom. The lowest BCUT2D eigenvalue weighted by Crippen LogP contribution is -2.02. The van der Waals surface area contributed by atoms with Crippen molar-refractivity contribution in [2.75, 3.05) is 7.11 Å². The molecule has 7 heteroatoms. The smallest absolute Gasteiger partial charge is 0.235 e. The minimum atomic E-state index is 0.312. The second kappa shape index (κ2) is 6.29. The predicted molar refractivity (Wildman–Crippen MR) is 91.4 cm³/mol. The summed E-state index contributed by atoms with van der Waals surface area (Å²) >= 11 is 1.48. The van der Waals surface area contributed by atoms with Crippen LogP contribution in [0.15, 0.2) is 54.6 Å². The summed E-state index contributed by atoms with van der Waals surface area (Å²) in [5.41, 5.74) is 0.986. The van der Waals surface area contributed by atoms with Crippen LogP contribution < -0.4 is 9.47 Å². The minimum absolute atomic E-state index is 0.312. The number of para-hydroxylation sites is 1. The number of fused-ring (bicyclic) bond motifs is 1. The van der Waals surface area contributed by atoms with E-state index in [1.54, 1.807) is 11.6 Å². The molecule has 2 aromatic carbocycles. The number of hydrogen-bond donors (Lipinski definition) is 0. The van der Waals surface area contributed by atoms with Gasteiger partial charge in [0, 0.05) is 5.56 Å². The van der Waals surface area contributed by atoms with Crippen LogP contribution >= 0.6 is 11.3 Å². The molecule has 0 aliphatic heterocycles. The van der Waals surface area contributed by atoms with Crippen LogP contribution in [0.3, 0.4) is 0 Å². The van der Waals surface area contributed by atoms with Gasteiger partial charge in [-0.25, -0.2) is 0 Å². The van der Waals surface area contributed by atoms with Gasteiger partial charge in [0.2, 0.25) is 4.96 Å². The highest BCUT2D eigenvalue weighted by Gasteiger charge is 2.13. The fourth-order valence-electron chi connectivity index (χ4n) is 2.28. The van der Waals surface area contributed by atoms with Crippen molar-refractivity contribution in [1.29, 1.82) is 0 Å². The molecule has 0 aliphatic rings. The Morgan fingerprint density at radius 3 is 2.67 bits per heavy atom. The van der Waals surface area contributed by atoms with E-state index >= 15 is 0 Å². The topological polar surface area (TPSA) is 61.5 Å². The van der Waals surface area contributed by atoms with Crippen LogP contribution in [0.2, 0.25) is 0 Å². The molecule has 0 unspecified atom stereocenters.